The van der Waals surface area contributed by atoms with Crippen molar-refractivity contribution in [2.24, 2.45) is 7.05 Å². The number of benzene rings is 1. The van der Waals surface area contributed by atoms with E-state index in [4.69, 9.17) is 19.4 Å². The third-order valence-corrected chi connectivity index (χ3v) is 6.55. The van der Waals surface area contributed by atoms with Gasteiger partial charge in [-0.3, -0.25) is 4.68 Å². The second-order valence-electron chi connectivity index (χ2n) is 9.23. The van der Waals surface area contributed by atoms with Gasteiger partial charge in [-0.15, -0.1) is 0 Å². The smallest absolute Gasteiger partial charge is 0.164 e. The summed E-state index contributed by atoms with van der Waals surface area (Å²) in [5, 5.41) is 20.9. The molecule has 1 atom stereocenters. The Hall–Kier alpha value is -3.21. The van der Waals surface area contributed by atoms with Gasteiger partial charge in [-0.25, -0.2) is 9.97 Å². The Morgan fingerprint density at radius 1 is 1.22 bits per heavy atom. The fourth-order valence-corrected chi connectivity index (χ4v) is 4.36. The number of aliphatic hydroxyl groups is 1. The molecule has 1 aliphatic rings. The van der Waals surface area contributed by atoms with Crippen LogP contribution in [0.3, 0.4) is 0 Å². The summed E-state index contributed by atoms with van der Waals surface area (Å²) in [6.07, 6.45) is 1.32. The van der Waals surface area contributed by atoms with Gasteiger partial charge in [-0.1, -0.05) is 12.1 Å². The van der Waals surface area contributed by atoms with Gasteiger partial charge < -0.3 is 30.1 Å². The number of hydrogen-bond donors (Lipinski definition) is 3. The molecule has 1 fully saturated rings. The van der Waals surface area contributed by atoms with Crippen LogP contribution < -0.4 is 20.3 Å². The Kier molecular flexibility index (Phi) is 8.40. The zero-order chi connectivity index (χ0) is 25.7. The highest BCUT2D eigenvalue weighted by atomic mass is 16.5. The first kappa shape index (κ1) is 25.9. The molecular formula is C26H37N7O3. The highest BCUT2D eigenvalue weighted by Gasteiger charge is 2.22. The normalized spacial score (nSPS) is 15.1. The van der Waals surface area contributed by atoms with Crippen LogP contribution in [0.2, 0.25) is 0 Å². The van der Waals surface area contributed by atoms with E-state index in [0.29, 0.717) is 30.0 Å². The molecule has 0 bridgehead atoms. The van der Waals surface area contributed by atoms with Crippen LogP contribution in [0, 0.1) is 13.8 Å². The summed E-state index contributed by atoms with van der Waals surface area (Å²) in [6.45, 7) is 6.18. The van der Waals surface area contributed by atoms with E-state index in [1.54, 1.807) is 7.05 Å². The molecule has 1 aromatic carbocycles. The number of ether oxygens (including phenoxy) is 2. The van der Waals surface area contributed by atoms with Gasteiger partial charge in [0.2, 0.25) is 0 Å². The first-order valence-electron chi connectivity index (χ1n) is 12.4. The number of hydrogen-bond acceptors (Lipinski definition) is 9. The number of nitrogens with one attached hydrogen (secondary N) is 2. The van der Waals surface area contributed by atoms with E-state index in [1.807, 2.05) is 55.9 Å². The molecule has 2 aromatic heterocycles. The quantitative estimate of drug-likeness (QED) is 0.391. The number of aromatic nitrogens is 4. The van der Waals surface area contributed by atoms with Crippen molar-refractivity contribution in [3.05, 3.63) is 41.7 Å². The first-order valence-corrected chi connectivity index (χ1v) is 12.4. The third-order valence-electron chi connectivity index (χ3n) is 6.55. The number of aliphatic hydroxyl groups excluding tert-OH is 1. The van der Waals surface area contributed by atoms with Gasteiger partial charge in [0.15, 0.2) is 5.82 Å². The summed E-state index contributed by atoms with van der Waals surface area (Å²) in [6, 6.07) is 9.99. The molecule has 3 N–H and O–H groups in total. The van der Waals surface area contributed by atoms with E-state index >= 15 is 0 Å². The van der Waals surface area contributed by atoms with Gasteiger partial charge in [0.25, 0.3) is 0 Å². The van der Waals surface area contributed by atoms with Crippen LogP contribution >= 0.6 is 0 Å². The second-order valence-corrected chi connectivity index (χ2v) is 9.23. The van der Waals surface area contributed by atoms with Crippen LogP contribution in [-0.2, 0) is 11.8 Å². The van der Waals surface area contributed by atoms with Gasteiger partial charge in [0.05, 0.1) is 17.1 Å². The van der Waals surface area contributed by atoms with Crippen LogP contribution in [0.1, 0.15) is 24.2 Å². The van der Waals surface area contributed by atoms with Crippen molar-refractivity contribution in [1.29, 1.82) is 0 Å². The molecule has 1 unspecified atom stereocenters. The number of nitrogens with zero attached hydrogens (tertiary/aromatic N) is 5. The lowest BCUT2D eigenvalue weighted by atomic mass is 10.1. The lowest BCUT2D eigenvalue weighted by Gasteiger charge is -2.32. The molecule has 36 heavy (non-hydrogen) atoms. The molecule has 4 rings (SSSR count). The lowest BCUT2D eigenvalue weighted by molar-refractivity contribution is 0.0853. The van der Waals surface area contributed by atoms with Crippen LogP contribution in [-0.4, -0.2) is 77.5 Å². The first-order chi connectivity index (χ1) is 17.4. The number of aryl methyl sites for hydroxylation is 2. The maximum atomic E-state index is 10.00. The molecule has 3 aromatic rings. The average Bonchev–Trinajstić information content (AvgIpc) is 3.13. The summed E-state index contributed by atoms with van der Waals surface area (Å²) < 4.78 is 13.2. The minimum absolute atomic E-state index is 0.198. The van der Waals surface area contributed by atoms with E-state index in [-0.39, 0.29) is 6.61 Å². The van der Waals surface area contributed by atoms with E-state index < -0.39 is 6.10 Å². The van der Waals surface area contributed by atoms with Crippen molar-refractivity contribution in [2.45, 2.75) is 38.8 Å². The van der Waals surface area contributed by atoms with Gasteiger partial charge in [-0.05, 0) is 45.9 Å². The van der Waals surface area contributed by atoms with E-state index in [9.17, 15) is 5.11 Å². The van der Waals surface area contributed by atoms with E-state index in [1.165, 1.54) is 0 Å². The van der Waals surface area contributed by atoms with Gasteiger partial charge >= 0.3 is 0 Å². The molecule has 1 aliphatic heterocycles. The average molecular weight is 496 g/mol. The zero-order valence-corrected chi connectivity index (χ0v) is 21.8. The Morgan fingerprint density at radius 2 is 2.00 bits per heavy atom. The third kappa shape index (κ3) is 6.13. The zero-order valence-electron chi connectivity index (χ0n) is 21.8. The lowest BCUT2D eigenvalue weighted by Crippen LogP contribution is -2.37. The van der Waals surface area contributed by atoms with E-state index in [2.05, 4.69) is 27.7 Å². The predicted molar refractivity (Wildman–Crippen MR) is 141 cm³/mol. The topological polar surface area (TPSA) is 110 Å². The summed E-state index contributed by atoms with van der Waals surface area (Å²) in [5.74, 6) is 2.78. The van der Waals surface area contributed by atoms with Crippen LogP contribution in [0.25, 0.3) is 11.4 Å². The fourth-order valence-electron chi connectivity index (χ4n) is 4.36. The molecular weight excluding hydrogens is 458 g/mol. The van der Waals surface area contributed by atoms with Gasteiger partial charge in [-0.2, -0.15) is 5.10 Å². The molecule has 10 heteroatoms. The van der Waals surface area contributed by atoms with E-state index in [0.717, 1.165) is 54.5 Å². The van der Waals surface area contributed by atoms with Crippen molar-refractivity contribution in [2.75, 3.05) is 50.7 Å². The SMILES string of the molecule is CNCC(O)COc1cccc(-c2nc(Nc3c(C)nn(C)c3C)cc(N(C)C3CCOCC3)n2)c1. The highest BCUT2D eigenvalue weighted by Crippen LogP contribution is 2.30. The molecule has 0 spiro atoms. The van der Waals surface area contributed by atoms with Crippen molar-refractivity contribution in [3.63, 3.8) is 0 Å². The Morgan fingerprint density at radius 3 is 2.69 bits per heavy atom. The molecule has 194 valence electrons. The Bertz CT molecular complexity index is 1160. The molecule has 0 amide bonds. The summed E-state index contributed by atoms with van der Waals surface area (Å²) in [7, 11) is 5.81. The van der Waals surface area contributed by atoms with Gasteiger partial charge in [0.1, 0.15) is 30.1 Å². The minimum atomic E-state index is -0.590. The molecule has 0 radical (unpaired) electrons. The molecule has 0 aliphatic carbocycles. The van der Waals surface area contributed by atoms with Crippen molar-refractivity contribution < 1.29 is 14.6 Å². The summed E-state index contributed by atoms with van der Waals surface area (Å²) >= 11 is 0. The maximum absolute atomic E-state index is 10.00. The fraction of sp³-hybridized carbons (Fsp3) is 0.500. The number of likely N-dealkylation sites (N-methyl/N-ethyl adjacent to an activating group) is 1. The monoisotopic (exact) mass is 495 g/mol. The summed E-state index contributed by atoms with van der Waals surface area (Å²) in [4.78, 5) is 12.0. The van der Waals surface area contributed by atoms with Gasteiger partial charge in [0, 0.05) is 51.5 Å². The maximum Gasteiger partial charge on any atom is 0.164 e. The van der Waals surface area contributed by atoms with Crippen molar-refractivity contribution >= 4 is 17.3 Å². The minimum Gasteiger partial charge on any atom is -0.491 e. The van der Waals surface area contributed by atoms with Crippen LogP contribution in [0.5, 0.6) is 5.75 Å². The van der Waals surface area contributed by atoms with Crippen LogP contribution in [0.15, 0.2) is 30.3 Å². The number of anilines is 3. The van der Waals surface area contributed by atoms with Crippen LogP contribution in [0.4, 0.5) is 17.3 Å². The second kappa shape index (κ2) is 11.7. The Labute approximate surface area is 212 Å². The molecule has 1 saturated heterocycles. The molecule has 10 nitrogen and oxygen atoms in total. The summed E-state index contributed by atoms with van der Waals surface area (Å²) in [5.41, 5.74) is 3.71. The predicted octanol–water partition coefficient (Wildman–Crippen LogP) is 2.81. The number of rotatable bonds is 10. The van der Waals surface area contributed by atoms with Crippen molar-refractivity contribution in [3.8, 4) is 17.1 Å². The standard InChI is InChI=1S/C26H37N7O3/c1-17-25(18(2)33(5)31-17)28-23-14-24(32(4)20-9-11-35-12-10-20)30-26(29-23)19-7-6-8-22(13-19)36-16-21(34)15-27-3/h6-8,13-14,20-21,27,34H,9-12,15-16H2,1-5H3,(H,28,29,30). The molecule has 0 saturated carbocycles. The highest BCUT2D eigenvalue weighted by molar-refractivity contribution is 5.68. The molecule has 3 heterocycles. The van der Waals surface area contributed by atoms with Crippen molar-refractivity contribution in [1.82, 2.24) is 25.1 Å². The largest absolute Gasteiger partial charge is 0.491 e. The Balaban J connectivity index is 1.67.